The van der Waals surface area contributed by atoms with Crippen LogP contribution in [0.25, 0.3) is 0 Å². The van der Waals surface area contributed by atoms with Crippen molar-refractivity contribution >= 4 is 11.9 Å². The molecule has 0 saturated heterocycles. The van der Waals surface area contributed by atoms with Gasteiger partial charge in [-0.25, -0.2) is 4.79 Å². The molecular weight excluding hydrogens is 320 g/mol. The minimum atomic E-state index is -0.479. The van der Waals surface area contributed by atoms with Gasteiger partial charge in [0.1, 0.15) is 5.76 Å². The number of carbonyl (C=O) groups is 2. The lowest BCUT2D eigenvalue weighted by Crippen LogP contribution is -2.37. The summed E-state index contributed by atoms with van der Waals surface area (Å²) in [5.41, 5.74) is 2.21. The first kappa shape index (κ1) is 17.3. The van der Waals surface area contributed by atoms with E-state index in [0.717, 1.165) is 30.0 Å². The van der Waals surface area contributed by atoms with Crippen molar-refractivity contribution in [1.82, 2.24) is 9.88 Å². The topological polar surface area (TPSA) is 73.5 Å². The van der Waals surface area contributed by atoms with E-state index in [1.807, 2.05) is 37.5 Å². The third-order valence-corrected chi connectivity index (χ3v) is 4.74. The third kappa shape index (κ3) is 4.13. The Morgan fingerprint density at radius 2 is 2.16 bits per heavy atom. The normalized spacial score (nSPS) is 15.0. The SMILES string of the molecule is Cc1cc(C(=O)OCC(=O)N[C@H](C)C2CC2)c(C)n1Cc1ccco1. The largest absolute Gasteiger partial charge is 0.467 e. The van der Waals surface area contributed by atoms with E-state index in [1.54, 1.807) is 12.3 Å². The first-order chi connectivity index (χ1) is 12.0. The summed E-state index contributed by atoms with van der Waals surface area (Å²) in [5.74, 6) is 0.653. The summed E-state index contributed by atoms with van der Waals surface area (Å²) < 4.78 is 12.5. The Bertz CT molecular complexity index is 757. The zero-order chi connectivity index (χ0) is 18.0. The molecule has 0 aromatic carbocycles. The average molecular weight is 344 g/mol. The number of amides is 1. The highest BCUT2D eigenvalue weighted by atomic mass is 16.5. The maximum absolute atomic E-state index is 12.3. The lowest BCUT2D eigenvalue weighted by molar-refractivity contribution is -0.124. The maximum Gasteiger partial charge on any atom is 0.340 e. The van der Waals surface area contributed by atoms with Gasteiger partial charge in [0, 0.05) is 17.4 Å². The average Bonchev–Trinajstić information content (AvgIpc) is 3.24. The monoisotopic (exact) mass is 344 g/mol. The summed E-state index contributed by atoms with van der Waals surface area (Å²) in [5, 5.41) is 2.88. The minimum absolute atomic E-state index is 0.143. The van der Waals surface area contributed by atoms with Crippen LogP contribution < -0.4 is 5.32 Å². The third-order valence-electron chi connectivity index (χ3n) is 4.74. The van der Waals surface area contributed by atoms with Gasteiger partial charge in [-0.05, 0) is 57.7 Å². The number of nitrogens with one attached hydrogen (secondary N) is 1. The Hall–Kier alpha value is -2.50. The van der Waals surface area contributed by atoms with Crippen LogP contribution in [0, 0.1) is 19.8 Å². The second kappa shape index (κ2) is 7.17. The number of ether oxygens (including phenoxy) is 1. The predicted molar refractivity (Wildman–Crippen MR) is 92.3 cm³/mol. The second-order valence-corrected chi connectivity index (χ2v) is 6.72. The molecule has 1 amide bonds. The molecule has 1 atom stereocenters. The van der Waals surface area contributed by atoms with Crippen molar-refractivity contribution in [3.05, 3.63) is 47.2 Å². The van der Waals surface area contributed by atoms with Gasteiger partial charge < -0.3 is 19.0 Å². The number of aryl methyl sites for hydroxylation is 1. The van der Waals surface area contributed by atoms with E-state index in [1.165, 1.54) is 0 Å². The second-order valence-electron chi connectivity index (χ2n) is 6.72. The summed E-state index contributed by atoms with van der Waals surface area (Å²) in [6, 6.07) is 5.65. The molecule has 0 bridgehead atoms. The molecule has 0 unspecified atom stereocenters. The van der Waals surface area contributed by atoms with Crippen LogP contribution in [0.2, 0.25) is 0 Å². The molecule has 1 N–H and O–H groups in total. The number of carbonyl (C=O) groups excluding carboxylic acids is 2. The molecule has 1 aliphatic rings. The Morgan fingerprint density at radius 3 is 2.80 bits per heavy atom. The van der Waals surface area contributed by atoms with Gasteiger partial charge in [-0.2, -0.15) is 0 Å². The number of esters is 1. The zero-order valence-corrected chi connectivity index (χ0v) is 14.9. The van der Waals surface area contributed by atoms with Gasteiger partial charge in [-0.1, -0.05) is 0 Å². The van der Waals surface area contributed by atoms with Crippen LogP contribution in [-0.2, 0) is 16.1 Å². The number of nitrogens with zero attached hydrogens (tertiary/aromatic N) is 1. The van der Waals surface area contributed by atoms with E-state index >= 15 is 0 Å². The molecule has 2 heterocycles. The van der Waals surface area contributed by atoms with E-state index < -0.39 is 5.97 Å². The molecule has 0 aliphatic heterocycles. The molecule has 134 valence electrons. The summed E-state index contributed by atoms with van der Waals surface area (Å²) in [6.07, 6.45) is 3.94. The fraction of sp³-hybridized carbons (Fsp3) is 0.474. The summed E-state index contributed by atoms with van der Waals surface area (Å²) in [6.45, 7) is 6.08. The van der Waals surface area contributed by atoms with Crippen LogP contribution in [0.5, 0.6) is 0 Å². The van der Waals surface area contributed by atoms with Gasteiger partial charge in [0.2, 0.25) is 0 Å². The van der Waals surface area contributed by atoms with E-state index in [9.17, 15) is 9.59 Å². The predicted octanol–water partition coefficient (Wildman–Crippen LogP) is 2.82. The lowest BCUT2D eigenvalue weighted by atomic mass is 10.2. The van der Waals surface area contributed by atoms with Crippen LogP contribution in [0.1, 0.15) is 47.3 Å². The molecule has 25 heavy (non-hydrogen) atoms. The highest BCUT2D eigenvalue weighted by molar-refractivity contribution is 5.92. The summed E-state index contributed by atoms with van der Waals surface area (Å²) >= 11 is 0. The summed E-state index contributed by atoms with van der Waals surface area (Å²) in [7, 11) is 0. The first-order valence-corrected chi connectivity index (χ1v) is 8.61. The number of hydrogen-bond donors (Lipinski definition) is 1. The molecular formula is C19H24N2O4. The van der Waals surface area contributed by atoms with Gasteiger partial charge in [-0.3, -0.25) is 4.79 Å². The highest BCUT2D eigenvalue weighted by Crippen LogP contribution is 2.32. The highest BCUT2D eigenvalue weighted by Gasteiger charge is 2.29. The molecule has 0 radical (unpaired) electrons. The molecule has 6 heteroatoms. The smallest absolute Gasteiger partial charge is 0.340 e. The fourth-order valence-corrected chi connectivity index (χ4v) is 3.03. The van der Waals surface area contributed by atoms with Crippen molar-refractivity contribution < 1.29 is 18.7 Å². The van der Waals surface area contributed by atoms with Crippen LogP contribution in [0.3, 0.4) is 0 Å². The number of rotatable bonds is 7. The Balaban J connectivity index is 1.59. The molecule has 6 nitrogen and oxygen atoms in total. The van der Waals surface area contributed by atoms with E-state index in [0.29, 0.717) is 18.0 Å². The van der Waals surface area contributed by atoms with E-state index in [4.69, 9.17) is 9.15 Å². The van der Waals surface area contributed by atoms with Gasteiger partial charge in [0.05, 0.1) is 18.4 Å². The fourth-order valence-electron chi connectivity index (χ4n) is 3.03. The van der Waals surface area contributed by atoms with Gasteiger partial charge in [0.25, 0.3) is 5.91 Å². The van der Waals surface area contributed by atoms with Crippen molar-refractivity contribution in [2.75, 3.05) is 6.61 Å². The lowest BCUT2D eigenvalue weighted by Gasteiger charge is -2.12. The minimum Gasteiger partial charge on any atom is -0.467 e. The first-order valence-electron chi connectivity index (χ1n) is 8.61. The Labute approximate surface area is 147 Å². The van der Waals surface area contributed by atoms with Crippen molar-refractivity contribution in [2.45, 2.75) is 46.2 Å². The molecule has 1 saturated carbocycles. The van der Waals surface area contributed by atoms with Gasteiger partial charge >= 0.3 is 5.97 Å². The van der Waals surface area contributed by atoms with Crippen LogP contribution >= 0.6 is 0 Å². The van der Waals surface area contributed by atoms with Crippen molar-refractivity contribution in [3.8, 4) is 0 Å². The van der Waals surface area contributed by atoms with Crippen molar-refractivity contribution in [2.24, 2.45) is 5.92 Å². The standard InChI is InChI=1S/C19H24N2O4/c1-12-9-17(14(3)21(12)10-16-5-4-8-24-16)19(23)25-11-18(22)20-13(2)15-6-7-15/h4-5,8-9,13,15H,6-7,10-11H2,1-3H3,(H,20,22)/t13-/m1/s1. The van der Waals surface area contributed by atoms with E-state index in [2.05, 4.69) is 5.32 Å². The number of hydrogen-bond acceptors (Lipinski definition) is 4. The van der Waals surface area contributed by atoms with Gasteiger partial charge in [0.15, 0.2) is 6.61 Å². The Kier molecular flexibility index (Phi) is 4.97. The number of furan rings is 1. The summed E-state index contributed by atoms with van der Waals surface area (Å²) in [4.78, 5) is 24.2. The maximum atomic E-state index is 12.3. The van der Waals surface area contributed by atoms with Crippen LogP contribution in [-0.4, -0.2) is 29.1 Å². The quantitative estimate of drug-likeness (QED) is 0.784. The van der Waals surface area contributed by atoms with E-state index in [-0.39, 0.29) is 18.6 Å². The molecule has 0 spiro atoms. The Morgan fingerprint density at radius 1 is 1.40 bits per heavy atom. The zero-order valence-electron chi connectivity index (χ0n) is 14.9. The molecule has 2 aromatic heterocycles. The number of aromatic nitrogens is 1. The van der Waals surface area contributed by atoms with Crippen LogP contribution in [0.15, 0.2) is 28.9 Å². The molecule has 3 rings (SSSR count). The van der Waals surface area contributed by atoms with Gasteiger partial charge in [-0.15, -0.1) is 0 Å². The van der Waals surface area contributed by atoms with Crippen molar-refractivity contribution in [1.29, 1.82) is 0 Å². The molecule has 2 aromatic rings. The molecule has 1 fully saturated rings. The molecule has 1 aliphatic carbocycles. The van der Waals surface area contributed by atoms with Crippen LogP contribution in [0.4, 0.5) is 0 Å². The van der Waals surface area contributed by atoms with Crippen molar-refractivity contribution in [3.63, 3.8) is 0 Å².